The molecule has 372 valence electrons. The topological polar surface area (TPSA) is 40.2 Å². The molecule has 7 aromatic carbocycles. The second kappa shape index (κ2) is 17.8. The maximum atomic E-state index is 7.06. The number of anilines is 8. The summed E-state index contributed by atoms with van der Waals surface area (Å²) in [6, 6.07) is 43.3. The number of rotatable bonds is 6. The van der Waals surface area contributed by atoms with Crippen LogP contribution in [0.5, 0.6) is 23.0 Å². The molecule has 6 nitrogen and oxygen atoms in total. The van der Waals surface area contributed by atoms with Crippen molar-refractivity contribution in [3.05, 3.63) is 126 Å². The van der Waals surface area contributed by atoms with Crippen molar-refractivity contribution >= 4 is 151 Å². The van der Waals surface area contributed by atoms with E-state index in [1.165, 1.54) is 208 Å². The van der Waals surface area contributed by atoms with Crippen molar-refractivity contribution in [2.45, 2.75) is 114 Å². The molecule has 1 N–H and O–H groups in total. The van der Waals surface area contributed by atoms with Gasteiger partial charge in [0, 0.05) is 47.2 Å². The molecule has 12 heteroatoms. The predicted molar refractivity (Wildman–Crippen MR) is 327 cm³/mol. The minimum absolute atomic E-state index is 0.000191. The summed E-state index contributed by atoms with van der Waals surface area (Å²) >= 11 is 5.57. The average Bonchev–Trinajstić information content (AvgIpc) is 3.57. The van der Waals surface area contributed by atoms with Gasteiger partial charge in [-0.25, -0.2) is 0 Å². The van der Waals surface area contributed by atoms with Gasteiger partial charge in [0.1, 0.15) is 23.0 Å². The van der Waals surface area contributed by atoms with Crippen LogP contribution in [-0.4, -0.2) is 38.9 Å². The molecule has 6 heterocycles. The molecule has 0 atom stereocenters. The van der Waals surface area contributed by atoms with Crippen LogP contribution in [-0.2, 0) is 0 Å². The Bertz CT molecular complexity index is 3540. The number of benzene rings is 7. The smallest absolute Gasteiger partial charge is 0.256 e. The number of para-hydroxylation sites is 2. The van der Waals surface area contributed by atoms with E-state index in [-0.39, 0.29) is 20.1 Å². The van der Waals surface area contributed by atoms with Gasteiger partial charge in [-0.2, -0.15) is 0 Å². The van der Waals surface area contributed by atoms with Crippen molar-refractivity contribution in [2.24, 2.45) is 0 Å². The van der Waals surface area contributed by atoms with E-state index in [0.29, 0.717) is 17.8 Å². The van der Waals surface area contributed by atoms with Crippen LogP contribution in [0.15, 0.2) is 109 Å². The summed E-state index contributed by atoms with van der Waals surface area (Å²) in [7, 11) is 0. The first kappa shape index (κ1) is 45.7. The monoisotopic (exact) mass is 1030 g/mol. The molecule has 3 aliphatic carbocycles. The highest BCUT2D eigenvalue weighted by molar-refractivity contribution is 8.01. The van der Waals surface area contributed by atoms with Gasteiger partial charge in [0.2, 0.25) is 0 Å². The minimum Gasteiger partial charge on any atom is -0.458 e. The number of hydrogen-bond acceptors (Lipinski definition) is 9. The third-order valence-electron chi connectivity index (χ3n) is 19.2. The molecule has 0 radical (unpaired) electrons. The molecule has 16 rings (SSSR count). The fourth-order valence-electron chi connectivity index (χ4n) is 15.8. The first-order valence-corrected chi connectivity index (χ1v) is 31.8. The highest BCUT2D eigenvalue weighted by Gasteiger charge is 2.49. The van der Waals surface area contributed by atoms with Crippen molar-refractivity contribution < 1.29 is 9.47 Å². The Morgan fingerprint density at radius 2 is 0.787 bits per heavy atom. The normalized spacial score (nSPS) is 18.8. The zero-order chi connectivity index (χ0) is 49.6. The van der Waals surface area contributed by atoms with Crippen molar-refractivity contribution in [3.63, 3.8) is 0 Å². The highest BCUT2D eigenvalue weighted by Crippen LogP contribution is 2.50. The lowest BCUT2D eigenvalue weighted by Gasteiger charge is -2.46. The van der Waals surface area contributed by atoms with Crippen LogP contribution in [0.4, 0.5) is 45.5 Å². The van der Waals surface area contributed by atoms with Crippen LogP contribution in [0.1, 0.15) is 131 Å². The molecule has 0 amide bonds. The molecule has 0 saturated heterocycles. The van der Waals surface area contributed by atoms with Crippen LogP contribution in [0.3, 0.4) is 0 Å². The molecule has 0 bridgehead atoms. The van der Waals surface area contributed by atoms with Crippen LogP contribution in [0, 0.1) is 0 Å². The highest BCUT2D eigenvalue weighted by atomic mass is 32.2. The van der Waals surface area contributed by atoms with Gasteiger partial charge >= 0.3 is 0 Å². The summed E-state index contributed by atoms with van der Waals surface area (Å²) in [5.41, 5.74) is 26.6. The Morgan fingerprint density at radius 1 is 0.373 bits per heavy atom. The van der Waals surface area contributed by atoms with Crippen molar-refractivity contribution in [2.75, 3.05) is 37.0 Å². The molecule has 7 aromatic rings. The third kappa shape index (κ3) is 6.86. The second-order valence-electron chi connectivity index (χ2n) is 23.0. The molecule has 3 fully saturated rings. The fraction of sp³-hybridized carbons (Fsp3) is 0.333. The van der Waals surface area contributed by atoms with Gasteiger partial charge in [0.25, 0.3) is 20.1 Å². The third-order valence-corrected chi connectivity index (χ3v) is 21.5. The lowest BCUT2D eigenvalue weighted by Crippen LogP contribution is -2.65. The first-order chi connectivity index (χ1) is 37.0. The SMILES string of the molecule is CSN1c2cc3c(cc2B2c4ccccc4Oc4cc(C5CCCCC5)cc1c42)B1c2cc4c(cc2N(SC)c2cc(C5CCCCC5)cc(c21)N3SC)Nc1cc(C2CCCCC2)cc2c1B4c1ccccc1O2. The van der Waals surface area contributed by atoms with Gasteiger partial charge in [-0.15, -0.1) is 0 Å². The second-order valence-corrected chi connectivity index (χ2v) is 25.2. The van der Waals surface area contributed by atoms with E-state index in [1.54, 1.807) is 0 Å². The van der Waals surface area contributed by atoms with Crippen molar-refractivity contribution in [1.82, 2.24) is 0 Å². The zero-order valence-corrected chi connectivity index (χ0v) is 45.8. The van der Waals surface area contributed by atoms with E-state index < -0.39 is 0 Å². The van der Waals surface area contributed by atoms with E-state index in [4.69, 9.17) is 9.47 Å². The average molecular weight is 1030 g/mol. The van der Waals surface area contributed by atoms with Gasteiger partial charge in [-0.3, -0.25) is 12.9 Å². The molecule has 6 aliphatic heterocycles. The lowest BCUT2D eigenvalue weighted by molar-refractivity contribution is 0.440. The molecule has 0 aromatic heterocycles. The Labute approximate surface area is 457 Å². The maximum absolute atomic E-state index is 7.06. The maximum Gasteiger partial charge on any atom is 0.256 e. The molecule has 0 spiro atoms. The lowest BCUT2D eigenvalue weighted by atomic mass is 9.29. The standard InChI is InChI=1S/C63H61B3N4O2S3/c1-73-68-51-35-49-45(64-43-23-13-15-25-57(43)71-59-31-40(27-50(67-49)61(59)64)37-17-7-4-8-18-37)33-46(51)66-48-34-47-52(36-53(48)69(74-2)55-29-41(28-54(68)62(55)66)38-19-9-5-10-20-38)70(75-3)56-30-42(39-21-11-6-12-22-39)32-60-63(56)65(47)44-24-14-16-26-58(44)72-60/h13-16,23-39,67H,4-12,17-22H2,1-3H3. The summed E-state index contributed by atoms with van der Waals surface area (Å²) in [6.45, 7) is 0.0718. The predicted octanol–water partition coefficient (Wildman–Crippen LogP) is 11.8. The molecule has 9 aliphatic rings. The quantitative estimate of drug-likeness (QED) is 0.130. The van der Waals surface area contributed by atoms with Gasteiger partial charge < -0.3 is 14.8 Å². The van der Waals surface area contributed by atoms with Crippen molar-refractivity contribution in [3.8, 4) is 23.0 Å². The Morgan fingerprint density at radius 3 is 1.31 bits per heavy atom. The molecular weight excluding hydrogens is 973 g/mol. The van der Waals surface area contributed by atoms with Gasteiger partial charge in [-0.05, 0) is 219 Å². The number of ether oxygens (including phenoxy) is 2. The summed E-state index contributed by atoms with van der Waals surface area (Å²) < 4.78 is 21.8. The van der Waals surface area contributed by atoms with Crippen LogP contribution in [0.25, 0.3) is 0 Å². The van der Waals surface area contributed by atoms with E-state index in [2.05, 4.69) is 146 Å². The Kier molecular flexibility index (Phi) is 10.9. The van der Waals surface area contributed by atoms with Crippen LogP contribution in [0.2, 0.25) is 0 Å². The number of nitrogens with one attached hydrogen (secondary N) is 1. The Balaban J connectivity index is 0.939. The first-order valence-electron chi connectivity index (χ1n) is 28.3. The summed E-state index contributed by atoms with van der Waals surface area (Å²) in [6.07, 6.45) is 26.2. The largest absolute Gasteiger partial charge is 0.458 e. The fourth-order valence-corrected chi connectivity index (χ4v) is 17.9. The molecular formula is C63H61B3N4O2S3. The summed E-state index contributed by atoms with van der Waals surface area (Å²) in [4.78, 5) is 0. The van der Waals surface area contributed by atoms with E-state index in [0.717, 1.165) is 23.0 Å². The van der Waals surface area contributed by atoms with E-state index in [9.17, 15) is 0 Å². The molecule has 3 saturated carbocycles. The van der Waals surface area contributed by atoms with E-state index >= 15 is 0 Å². The molecule has 75 heavy (non-hydrogen) atoms. The van der Waals surface area contributed by atoms with Crippen LogP contribution < -0.4 is 76.9 Å². The minimum atomic E-state index is -0.000191. The summed E-state index contributed by atoms with van der Waals surface area (Å²) in [5.74, 6) is 5.70. The van der Waals surface area contributed by atoms with E-state index in [1.807, 2.05) is 35.8 Å². The van der Waals surface area contributed by atoms with Gasteiger partial charge in [0.05, 0.1) is 17.1 Å². The number of hydrogen-bond donors (Lipinski definition) is 1. The van der Waals surface area contributed by atoms with Gasteiger partial charge in [-0.1, -0.05) is 106 Å². The van der Waals surface area contributed by atoms with Gasteiger partial charge in [0.15, 0.2) is 0 Å². The zero-order valence-electron chi connectivity index (χ0n) is 43.3. The molecule has 0 unspecified atom stereocenters. The van der Waals surface area contributed by atoms with Crippen molar-refractivity contribution in [1.29, 1.82) is 0 Å². The summed E-state index contributed by atoms with van der Waals surface area (Å²) in [5, 5.41) is 4.14. The number of fused-ring (bicyclic) bond motifs is 12. The van der Waals surface area contributed by atoms with Crippen LogP contribution >= 0.6 is 35.8 Å². The Hall–Kier alpha value is -5.42. The number of nitrogens with zero attached hydrogens (tertiary/aromatic N) is 3.